The van der Waals surface area contributed by atoms with Crippen LogP contribution >= 0.6 is 0 Å². The van der Waals surface area contributed by atoms with Gasteiger partial charge in [0, 0.05) is 18.3 Å². The van der Waals surface area contributed by atoms with E-state index in [1.165, 1.54) is 10.7 Å². The Morgan fingerprint density at radius 2 is 1.94 bits per heavy atom. The minimum Gasteiger partial charge on any atom is -0.449 e. The molecule has 1 aliphatic rings. The maximum Gasteiger partial charge on any atom is 0.271 e. The average Bonchev–Trinajstić information content (AvgIpc) is 3.28. The monoisotopic (exact) mass is 487 g/mol. The summed E-state index contributed by atoms with van der Waals surface area (Å²) in [6, 6.07) is 5.03. The van der Waals surface area contributed by atoms with E-state index in [0.29, 0.717) is 12.2 Å². The summed E-state index contributed by atoms with van der Waals surface area (Å²) in [5.41, 5.74) is -0.638. The van der Waals surface area contributed by atoms with Gasteiger partial charge in [0.2, 0.25) is 0 Å². The average molecular weight is 488 g/mol. The zero-order valence-corrected chi connectivity index (χ0v) is 19.1. The van der Waals surface area contributed by atoms with Gasteiger partial charge in [-0.25, -0.2) is 13.5 Å². The van der Waals surface area contributed by atoms with Gasteiger partial charge in [-0.05, 0) is 24.5 Å². The Hall–Kier alpha value is -3.60. The molecule has 1 fully saturated rings. The van der Waals surface area contributed by atoms with Crippen LogP contribution in [0.2, 0.25) is 0 Å². The number of nitrogens with zero attached hydrogens (tertiary/aromatic N) is 4. The maximum atomic E-state index is 13.9. The number of para-hydroxylation sites is 1. The second kappa shape index (κ2) is 11.2. The number of aliphatic hydroxyl groups is 1. The SMILES string of the molecule is O=C(Nc1ccn(CCO)n1)[C@@H](CC1CCCCC1)n1ncc(Oc2c(F)cccc2F)cc1=O. The van der Waals surface area contributed by atoms with Crippen molar-refractivity contribution in [1.29, 1.82) is 0 Å². The molecule has 3 aromatic rings. The van der Waals surface area contributed by atoms with Gasteiger partial charge >= 0.3 is 0 Å². The first-order valence-corrected chi connectivity index (χ1v) is 11.6. The van der Waals surface area contributed by atoms with E-state index >= 15 is 0 Å². The normalized spacial score (nSPS) is 15.1. The summed E-state index contributed by atoms with van der Waals surface area (Å²) in [6.07, 6.45) is 8.38. The summed E-state index contributed by atoms with van der Waals surface area (Å²) in [5.74, 6) is -2.51. The lowest BCUT2D eigenvalue weighted by atomic mass is 9.84. The van der Waals surface area contributed by atoms with Crippen LogP contribution in [0.5, 0.6) is 11.5 Å². The van der Waals surface area contributed by atoms with Crippen molar-refractivity contribution in [2.45, 2.75) is 51.1 Å². The number of anilines is 1. The molecule has 0 aliphatic heterocycles. The summed E-state index contributed by atoms with van der Waals surface area (Å²) < 4.78 is 35.6. The van der Waals surface area contributed by atoms with Crippen molar-refractivity contribution in [2.75, 3.05) is 11.9 Å². The lowest BCUT2D eigenvalue weighted by molar-refractivity contribution is -0.120. The van der Waals surface area contributed by atoms with Gasteiger partial charge in [0.25, 0.3) is 11.5 Å². The van der Waals surface area contributed by atoms with Crippen LogP contribution in [0.1, 0.15) is 44.6 Å². The Labute approximate surface area is 200 Å². The number of benzene rings is 1. The second-order valence-electron chi connectivity index (χ2n) is 8.56. The predicted molar refractivity (Wildman–Crippen MR) is 123 cm³/mol. The molecule has 9 nitrogen and oxygen atoms in total. The van der Waals surface area contributed by atoms with Crippen molar-refractivity contribution >= 4 is 11.7 Å². The highest BCUT2D eigenvalue weighted by atomic mass is 19.1. The van der Waals surface area contributed by atoms with Gasteiger partial charge in [-0.2, -0.15) is 10.2 Å². The van der Waals surface area contributed by atoms with E-state index in [9.17, 15) is 18.4 Å². The Balaban J connectivity index is 1.57. The van der Waals surface area contributed by atoms with Crippen LogP contribution in [0.3, 0.4) is 0 Å². The van der Waals surface area contributed by atoms with Gasteiger partial charge in [-0.1, -0.05) is 38.2 Å². The molecule has 2 N–H and O–H groups in total. The maximum absolute atomic E-state index is 13.9. The number of carbonyl (C=O) groups is 1. The van der Waals surface area contributed by atoms with Gasteiger partial charge in [-0.3, -0.25) is 14.3 Å². The predicted octanol–water partition coefficient (Wildman–Crippen LogP) is 3.65. The molecular weight excluding hydrogens is 460 g/mol. The van der Waals surface area contributed by atoms with Crippen LogP contribution in [0.15, 0.2) is 47.5 Å². The molecule has 2 aromatic heterocycles. The fourth-order valence-electron chi connectivity index (χ4n) is 4.31. The molecule has 11 heteroatoms. The lowest BCUT2D eigenvalue weighted by Gasteiger charge is -2.26. The van der Waals surface area contributed by atoms with E-state index in [4.69, 9.17) is 9.84 Å². The van der Waals surface area contributed by atoms with Crippen molar-refractivity contribution in [2.24, 2.45) is 5.92 Å². The van der Waals surface area contributed by atoms with Crippen molar-refractivity contribution in [3.63, 3.8) is 0 Å². The number of aromatic nitrogens is 4. The molecule has 0 bridgehead atoms. The number of hydrogen-bond donors (Lipinski definition) is 2. The van der Waals surface area contributed by atoms with Gasteiger partial charge in [-0.15, -0.1) is 0 Å². The molecule has 0 radical (unpaired) electrons. The lowest BCUT2D eigenvalue weighted by Crippen LogP contribution is -2.36. The van der Waals surface area contributed by atoms with Crippen molar-refractivity contribution in [1.82, 2.24) is 19.6 Å². The highest BCUT2D eigenvalue weighted by Gasteiger charge is 2.28. The summed E-state index contributed by atoms with van der Waals surface area (Å²) in [6.45, 7) is 0.191. The number of amides is 1. The molecule has 2 heterocycles. The quantitative estimate of drug-likeness (QED) is 0.477. The van der Waals surface area contributed by atoms with E-state index in [0.717, 1.165) is 61.2 Å². The van der Waals surface area contributed by atoms with Crippen LogP contribution in [-0.4, -0.2) is 37.2 Å². The molecule has 35 heavy (non-hydrogen) atoms. The van der Waals surface area contributed by atoms with E-state index in [1.807, 2.05) is 0 Å². The number of hydrogen-bond acceptors (Lipinski definition) is 6. The zero-order chi connectivity index (χ0) is 24.8. The fraction of sp³-hybridized carbons (Fsp3) is 0.417. The highest BCUT2D eigenvalue weighted by molar-refractivity contribution is 5.92. The van der Waals surface area contributed by atoms with Crippen LogP contribution < -0.4 is 15.6 Å². The minimum absolute atomic E-state index is 0.0934. The van der Waals surface area contributed by atoms with Crippen LogP contribution in [0, 0.1) is 17.6 Å². The molecule has 186 valence electrons. The van der Waals surface area contributed by atoms with Crippen LogP contribution in [0.25, 0.3) is 0 Å². The fourth-order valence-corrected chi connectivity index (χ4v) is 4.31. The largest absolute Gasteiger partial charge is 0.449 e. The van der Waals surface area contributed by atoms with Crippen molar-refractivity contribution in [3.8, 4) is 11.5 Å². The first-order valence-electron chi connectivity index (χ1n) is 11.6. The Morgan fingerprint density at radius 1 is 1.20 bits per heavy atom. The summed E-state index contributed by atoms with van der Waals surface area (Å²) in [7, 11) is 0. The van der Waals surface area contributed by atoms with E-state index in [2.05, 4.69) is 15.5 Å². The Bertz CT molecular complexity index is 1200. The third-order valence-electron chi connectivity index (χ3n) is 6.04. The molecule has 0 saturated heterocycles. The number of carbonyl (C=O) groups excluding carboxylic acids is 1. The number of ether oxygens (including phenoxy) is 1. The van der Waals surface area contributed by atoms with Crippen molar-refractivity contribution in [3.05, 3.63) is 64.7 Å². The highest BCUT2D eigenvalue weighted by Crippen LogP contribution is 2.31. The van der Waals surface area contributed by atoms with Gasteiger partial charge in [0.05, 0.1) is 19.3 Å². The Kier molecular flexibility index (Phi) is 7.86. The van der Waals surface area contributed by atoms with E-state index in [1.54, 1.807) is 12.3 Å². The number of rotatable bonds is 9. The molecule has 1 amide bonds. The molecule has 1 aliphatic carbocycles. The number of aliphatic hydroxyl groups excluding tert-OH is 1. The molecule has 0 spiro atoms. The number of halogens is 2. The zero-order valence-electron chi connectivity index (χ0n) is 19.1. The number of nitrogens with one attached hydrogen (secondary N) is 1. The van der Waals surface area contributed by atoms with E-state index < -0.39 is 34.9 Å². The first-order chi connectivity index (χ1) is 16.9. The molecule has 4 rings (SSSR count). The van der Waals surface area contributed by atoms with E-state index in [-0.39, 0.29) is 24.8 Å². The standard InChI is InChI=1S/C24H27F2N5O4/c25-18-7-4-8-19(26)23(18)35-17-14-22(33)31(27-15-17)20(13-16-5-2-1-3-6-16)24(34)28-21-9-10-30(29-21)11-12-32/h4,7-10,14-16,20,32H,1-3,5-6,11-13H2,(H,28,29,34)/t20-/m1/s1. The molecular formula is C24H27F2N5O4. The molecule has 0 unspecified atom stereocenters. The third kappa shape index (κ3) is 6.10. The third-order valence-corrected chi connectivity index (χ3v) is 6.04. The van der Waals surface area contributed by atoms with Gasteiger partial charge in [0.1, 0.15) is 6.04 Å². The van der Waals surface area contributed by atoms with Crippen LogP contribution in [-0.2, 0) is 11.3 Å². The van der Waals surface area contributed by atoms with Gasteiger partial charge < -0.3 is 15.2 Å². The second-order valence-corrected chi connectivity index (χ2v) is 8.56. The summed E-state index contributed by atoms with van der Waals surface area (Å²) in [4.78, 5) is 26.2. The summed E-state index contributed by atoms with van der Waals surface area (Å²) >= 11 is 0. The Morgan fingerprint density at radius 3 is 2.63 bits per heavy atom. The molecule has 1 aromatic carbocycles. The van der Waals surface area contributed by atoms with Crippen LogP contribution in [0.4, 0.5) is 14.6 Å². The van der Waals surface area contributed by atoms with Crippen molar-refractivity contribution < 1.29 is 23.4 Å². The smallest absolute Gasteiger partial charge is 0.271 e. The summed E-state index contributed by atoms with van der Waals surface area (Å²) in [5, 5.41) is 20.1. The molecule has 1 saturated carbocycles. The topological polar surface area (TPSA) is 111 Å². The van der Waals surface area contributed by atoms with Gasteiger partial charge in [0.15, 0.2) is 29.0 Å². The minimum atomic E-state index is -0.913. The first kappa shape index (κ1) is 24.5. The molecule has 1 atom stereocenters.